The van der Waals surface area contributed by atoms with Crippen LogP contribution >= 0.6 is 0 Å². The Morgan fingerprint density at radius 1 is 1.30 bits per heavy atom. The number of hydrogen-bond donors (Lipinski definition) is 2. The molecule has 1 aliphatic rings. The highest BCUT2D eigenvalue weighted by atomic mass is 16.6. The lowest BCUT2D eigenvalue weighted by molar-refractivity contribution is 0.0993. The van der Waals surface area contributed by atoms with Crippen LogP contribution in [0.2, 0.25) is 0 Å². The average molecular weight is 274 g/mol. The number of hydrogen-bond acceptors (Lipinski definition) is 4. The SMILES string of the molecule is CCNCC(=O)c1c(C)[nH]c2cc3c(cc12)OCCO3. The summed E-state index contributed by atoms with van der Waals surface area (Å²) >= 11 is 0. The highest BCUT2D eigenvalue weighted by Crippen LogP contribution is 2.36. The third-order valence-corrected chi connectivity index (χ3v) is 3.46. The summed E-state index contributed by atoms with van der Waals surface area (Å²) in [6.07, 6.45) is 0. The Bertz CT molecular complexity index is 661. The summed E-state index contributed by atoms with van der Waals surface area (Å²) in [5.41, 5.74) is 2.52. The monoisotopic (exact) mass is 274 g/mol. The minimum Gasteiger partial charge on any atom is -0.486 e. The van der Waals surface area contributed by atoms with E-state index in [0.29, 0.717) is 25.5 Å². The van der Waals surface area contributed by atoms with Crippen molar-refractivity contribution in [3.05, 3.63) is 23.4 Å². The van der Waals surface area contributed by atoms with Gasteiger partial charge in [0.15, 0.2) is 17.3 Å². The van der Waals surface area contributed by atoms with E-state index < -0.39 is 0 Å². The first-order valence-electron chi connectivity index (χ1n) is 6.86. The Hall–Kier alpha value is -2.01. The normalized spacial score (nSPS) is 13.7. The van der Waals surface area contributed by atoms with Gasteiger partial charge in [-0.05, 0) is 19.5 Å². The van der Waals surface area contributed by atoms with Crippen molar-refractivity contribution in [1.29, 1.82) is 0 Å². The smallest absolute Gasteiger partial charge is 0.179 e. The van der Waals surface area contributed by atoms with E-state index in [-0.39, 0.29) is 5.78 Å². The maximum atomic E-state index is 12.3. The molecule has 0 aliphatic carbocycles. The average Bonchev–Trinajstić information content (AvgIpc) is 2.77. The van der Waals surface area contributed by atoms with E-state index in [9.17, 15) is 4.79 Å². The van der Waals surface area contributed by atoms with Crippen LogP contribution in [0.1, 0.15) is 23.0 Å². The van der Waals surface area contributed by atoms with Gasteiger partial charge in [0.05, 0.1) is 12.1 Å². The van der Waals surface area contributed by atoms with Crippen LogP contribution in [0.25, 0.3) is 10.9 Å². The zero-order valence-corrected chi connectivity index (χ0v) is 11.7. The van der Waals surface area contributed by atoms with Gasteiger partial charge < -0.3 is 19.8 Å². The Balaban J connectivity index is 2.07. The van der Waals surface area contributed by atoms with Crippen molar-refractivity contribution in [2.45, 2.75) is 13.8 Å². The molecule has 0 fully saturated rings. The molecule has 0 atom stereocenters. The van der Waals surface area contributed by atoms with Crippen LogP contribution in [-0.2, 0) is 0 Å². The van der Waals surface area contributed by atoms with Crippen LogP contribution in [0.15, 0.2) is 12.1 Å². The molecule has 3 rings (SSSR count). The summed E-state index contributed by atoms with van der Waals surface area (Å²) in [5.74, 6) is 1.53. The van der Waals surface area contributed by atoms with Crippen molar-refractivity contribution in [3.63, 3.8) is 0 Å². The number of ketones is 1. The fourth-order valence-electron chi connectivity index (χ4n) is 2.55. The summed E-state index contributed by atoms with van der Waals surface area (Å²) in [7, 11) is 0. The minimum absolute atomic E-state index is 0.0901. The molecule has 0 radical (unpaired) electrons. The van der Waals surface area contributed by atoms with E-state index >= 15 is 0 Å². The molecule has 2 aromatic rings. The van der Waals surface area contributed by atoms with Crippen LogP contribution in [0.3, 0.4) is 0 Å². The van der Waals surface area contributed by atoms with E-state index in [1.54, 1.807) is 0 Å². The number of carbonyl (C=O) groups excluding carboxylic acids is 1. The second kappa shape index (κ2) is 5.17. The lowest BCUT2D eigenvalue weighted by atomic mass is 10.1. The number of carbonyl (C=O) groups is 1. The van der Waals surface area contributed by atoms with Gasteiger partial charge in [-0.25, -0.2) is 0 Å². The van der Waals surface area contributed by atoms with Crippen LogP contribution in [-0.4, -0.2) is 37.1 Å². The first-order valence-corrected chi connectivity index (χ1v) is 6.86. The fourth-order valence-corrected chi connectivity index (χ4v) is 2.55. The van der Waals surface area contributed by atoms with Crippen LogP contribution in [0, 0.1) is 6.92 Å². The number of fused-ring (bicyclic) bond motifs is 2. The number of ether oxygens (including phenoxy) is 2. The van der Waals surface area contributed by atoms with Gasteiger partial charge in [-0.15, -0.1) is 0 Å². The number of nitrogens with one attached hydrogen (secondary N) is 2. The molecule has 20 heavy (non-hydrogen) atoms. The molecule has 2 N–H and O–H groups in total. The summed E-state index contributed by atoms with van der Waals surface area (Å²) < 4.78 is 11.2. The molecule has 0 amide bonds. The van der Waals surface area contributed by atoms with Crippen molar-refractivity contribution in [3.8, 4) is 11.5 Å². The molecule has 1 aliphatic heterocycles. The third kappa shape index (κ3) is 2.14. The van der Waals surface area contributed by atoms with Gasteiger partial charge >= 0.3 is 0 Å². The van der Waals surface area contributed by atoms with Gasteiger partial charge in [-0.3, -0.25) is 4.79 Å². The van der Waals surface area contributed by atoms with E-state index in [1.807, 2.05) is 26.0 Å². The third-order valence-electron chi connectivity index (χ3n) is 3.46. The van der Waals surface area contributed by atoms with Crippen LogP contribution in [0.4, 0.5) is 0 Å². The lowest BCUT2D eigenvalue weighted by Gasteiger charge is -2.18. The molecule has 1 aromatic carbocycles. The number of rotatable bonds is 4. The highest BCUT2D eigenvalue weighted by Gasteiger charge is 2.20. The van der Waals surface area contributed by atoms with Gasteiger partial charge in [-0.2, -0.15) is 0 Å². The Morgan fingerprint density at radius 3 is 2.70 bits per heavy atom. The molecule has 1 aromatic heterocycles. The first-order chi connectivity index (χ1) is 9.70. The molecule has 5 nitrogen and oxygen atoms in total. The molecule has 0 unspecified atom stereocenters. The molecule has 2 heterocycles. The van der Waals surface area contributed by atoms with E-state index in [0.717, 1.165) is 34.5 Å². The Kier molecular flexibility index (Phi) is 3.36. The molecule has 0 bridgehead atoms. The summed E-state index contributed by atoms with van der Waals surface area (Å²) in [5, 5.41) is 3.97. The summed E-state index contributed by atoms with van der Waals surface area (Å²) in [4.78, 5) is 15.6. The first kappa shape index (κ1) is 13.0. The lowest BCUT2D eigenvalue weighted by Crippen LogP contribution is -2.22. The van der Waals surface area contributed by atoms with Gasteiger partial charge in [0.1, 0.15) is 13.2 Å². The van der Waals surface area contributed by atoms with Crippen molar-refractivity contribution >= 4 is 16.7 Å². The Labute approximate surface area is 117 Å². The molecular formula is C15H18N2O3. The molecule has 0 saturated heterocycles. The van der Waals surface area contributed by atoms with E-state index in [4.69, 9.17) is 9.47 Å². The van der Waals surface area contributed by atoms with E-state index in [1.165, 1.54) is 0 Å². The maximum absolute atomic E-state index is 12.3. The van der Waals surface area contributed by atoms with Gasteiger partial charge in [-0.1, -0.05) is 6.92 Å². The number of Topliss-reactive ketones (excluding diaryl/α,β-unsaturated/α-hetero) is 1. The number of aromatic nitrogens is 1. The van der Waals surface area contributed by atoms with Crippen molar-refractivity contribution in [1.82, 2.24) is 10.3 Å². The second-order valence-corrected chi connectivity index (χ2v) is 4.87. The van der Waals surface area contributed by atoms with Crippen LogP contribution < -0.4 is 14.8 Å². The predicted octanol–water partition coefficient (Wildman–Crippen LogP) is 2.04. The predicted molar refractivity (Wildman–Crippen MR) is 76.9 cm³/mol. The summed E-state index contributed by atoms with van der Waals surface area (Å²) in [6, 6.07) is 3.80. The summed E-state index contributed by atoms with van der Waals surface area (Å²) in [6.45, 7) is 6.13. The molecule has 0 spiro atoms. The van der Waals surface area contributed by atoms with Crippen molar-refractivity contribution in [2.75, 3.05) is 26.3 Å². The fraction of sp³-hybridized carbons (Fsp3) is 0.400. The molecular weight excluding hydrogens is 256 g/mol. The number of likely N-dealkylation sites (N-methyl/N-ethyl adjacent to an activating group) is 1. The second-order valence-electron chi connectivity index (χ2n) is 4.87. The van der Waals surface area contributed by atoms with Crippen LogP contribution in [0.5, 0.6) is 11.5 Å². The zero-order valence-electron chi connectivity index (χ0n) is 11.7. The van der Waals surface area contributed by atoms with Gasteiger partial charge in [0, 0.05) is 22.7 Å². The molecule has 0 saturated carbocycles. The topological polar surface area (TPSA) is 63.4 Å². The number of aromatic amines is 1. The number of aryl methyl sites for hydroxylation is 1. The number of H-pyrrole nitrogens is 1. The minimum atomic E-state index is 0.0901. The Morgan fingerprint density at radius 2 is 2.00 bits per heavy atom. The zero-order chi connectivity index (χ0) is 14.1. The van der Waals surface area contributed by atoms with E-state index in [2.05, 4.69) is 10.3 Å². The standard InChI is InChI=1S/C15H18N2O3/c1-3-16-8-12(18)15-9(2)17-11-7-14-13(6-10(11)15)19-4-5-20-14/h6-7,16-17H,3-5,8H2,1-2H3. The van der Waals surface area contributed by atoms with Gasteiger partial charge in [0.2, 0.25) is 0 Å². The highest BCUT2D eigenvalue weighted by molar-refractivity contribution is 6.10. The number of benzene rings is 1. The quantitative estimate of drug-likeness (QED) is 0.837. The van der Waals surface area contributed by atoms with Crippen molar-refractivity contribution in [2.24, 2.45) is 0 Å². The maximum Gasteiger partial charge on any atom is 0.179 e. The molecule has 106 valence electrons. The van der Waals surface area contributed by atoms with Gasteiger partial charge in [0.25, 0.3) is 0 Å². The largest absolute Gasteiger partial charge is 0.486 e. The van der Waals surface area contributed by atoms with Crippen molar-refractivity contribution < 1.29 is 14.3 Å². The molecule has 5 heteroatoms.